The number of nitrogens with one attached hydrogen (secondary N) is 1. The van der Waals surface area contributed by atoms with Crippen molar-refractivity contribution >= 4 is 45.0 Å². The topological polar surface area (TPSA) is 89.6 Å². The average Bonchev–Trinajstić information content (AvgIpc) is 2.82. The van der Waals surface area contributed by atoms with Crippen LogP contribution in [-0.2, 0) is 0 Å². The van der Waals surface area contributed by atoms with E-state index >= 15 is 0 Å². The predicted octanol–water partition coefficient (Wildman–Crippen LogP) is 2.16. The fraction of sp³-hybridized carbons (Fsp3) is 0. The van der Waals surface area contributed by atoms with E-state index in [1.54, 1.807) is 12.4 Å². The summed E-state index contributed by atoms with van der Waals surface area (Å²) in [4.78, 5) is 11.3. The number of fused-ring (bicyclic) bond motifs is 1. The number of halogens is 1. The van der Waals surface area contributed by atoms with E-state index in [4.69, 9.17) is 5.73 Å². The van der Waals surface area contributed by atoms with Gasteiger partial charge in [0.25, 0.3) is 5.56 Å². The molecule has 2 heterocycles. The molecule has 2 aromatic heterocycles. The molecule has 1 unspecified atom stereocenters. The number of nitrogen functional groups attached to an aromatic ring is 1. The highest BCUT2D eigenvalue weighted by Crippen LogP contribution is 2.33. The van der Waals surface area contributed by atoms with Gasteiger partial charge in [0.2, 0.25) is 0 Å². The van der Waals surface area contributed by atoms with Crippen molar-refractivity contribution in [3.8, 4) is 11.1 Å². The normalized spacial score (nSPS) is 11.6. The van der Waals surface area contributed by atoms with Crippen molar-refractivity contribution in [2.75, 3.05) is 5.73 Å². The summed E-state index contributed by atoms with van der Waals surface area (Å²) in [5.74, 6) is 0. The summed E-state index contributed by atoms with van der Waals surface area (Å²) in [5, 5.41) is 11.4. The van der Waals surface area contributed by atoms with Crippen molar-refractivity contribution < 1.29 is 0 Å². The Morgan fingerprint density at radius 3 is 2.84 bits per heavy atom. The summed E-state index contributed by atoms with van der Waals surface area (Å²) in [6, 6.07) is 5.31. The lowest BCUT2D eigenvalue weighted by molar-refractivity contribution is 0.991. The Morgan fingerprint density at radius 1 is 1.26 bits per heavy atom. The molecule has 0 saturated carbocycles. The minimum atomic E-state index is -0.236. The van der Waals surface area contributed by atoms with E-state index in [-0.39, 0.29) is 5.56 Å². The monoisotopic (exact) mass is 385 g/mol. The second-order valence-corrected chi connectivity index (χ2v) is 6.01. The third-order valence-corrected chi connectivity index (χ3v) is 4.69. The third-order valence-electron chi connectivity index (χ3n) is 2.80. The number of aromatic amines is 1. The molecule has 3 rings (SSSR count). The first-order valence-electron chi connectivity index (χ1n) is 5.38. The molecule has 0 aliphatic rings. The number of rotatable bonds is 2. The fourth-order valence-electron chi connectivity index (χ4n) is 1.92. The standard InChI is InChI=1S/C11H9IN5OP/c12-19-17-10-2-6(1-9(13)8(10)5-15-17)7-3-11(18)16-14-4-7/h1-5,19H,13H2,(H,16,18). The summed E-state index contributed by atoms with van der Waals surface area (Å²) in [6.07, 6.45) is 3.86. The van der Waals surface area contributed by atoms with Crippen LogP contribution in [0.25, 0.3) is 22.0 Å². The summed E-state index contributed by atoms with van der Waals surface area (Å²) in [6.45, 7) is 0. The first-order chi connectivity index (χ1) is 9.19. The van der Waals surface area contributed by atoms with Gasteiger partial charge in [-0.25, -0.2) is 9.55 Å². The van der Waals surface area contributed by atoms with E-state index in [0.717, 1.165) is 22.0 Å². The molecule has 19 heavy (non-hydrogen) atoms. The van der Waals surface area contributed by atoms with Gasteiger partial charge in [-0.3, -0.25) is 4.79 Å². The largest absolute Gasteiger partial charge is 0.398 e. The molecule has 8 heteroatoms. The van der Waals surface area contributed by atoms with E-state index < -0.39 is 0 Å². The summed E-state index contributed by atoms with van der Waals surface area (Å²) >= 11 is 2.26. The summed E-state index contributed by atoms with van der Waals surface area (Å²) in [7, 11) is 0. The number of benzene rings is 1. The van der Waals surface area contributed by atoms with Crippen LogP contribution in [-0.4, -0.2) is 19.7 Å². The fourth-order valence-corrected chi connectivity index (χ4v) is 3.45. The van der Waals surface area contributed by atoms with Gasteiger partial charge in [0.05, 0.1) is 24.3 Å². The van der Waals surface area contributed by atoms with Crippen LogP contribution >= 0.6 is 28.4 Å². The lowest BCUT2D eigenvalue weighted by atomic mass is 10.1. The van der Waals surface area contributed by atoms with Gasteiger partial charge < -0.3 is 5.73 Å². The maximum absolute atomic E-state index is 11.3. The quantitative estimate of drug-likeness (QED) is 0.402. The smallest absolute Gasteiger partial charge is 0.264 e. The number of aromatic nitrogens is 4. The van der Waals surface area contributed by atoms with Gasteiger partial charge in [0, 0.05) is 22.7 Å². The first-order valence-corrected chi connectivity index (χ1v) is 9.44. The lowest BCUT2D eigenvalue weighted by Crippen LogP contribution is -2.05. The Morgan fingerprint density at radius 2 is 2.11 bits per heavy atom. The second kappa shape index (κ2) is 4.90. The molecule has 96 valence electrons. The Labute approximate surface area is 122 Å². The number of hydrogen-bond donors (Lipinski definition) is 2. The molecule has 0 saturated heterocycles. The molecule has 0 bridgehead atoms. The van der Waals surface area contributed by atoms with E-state index in [0.29, 0.717) is 12.1 Å². The van der Waals surface area contributed by atoms with Crippen LogP contribution in [0.4, 0.5) is 5.69 Å². The number of hydrogen-bond acceptors (Lipinski definition) is 4. The Kier molecular flexibility index (Phi) is 3.24. The molecule has 0 radical (unpaired) electrons. The average molecular weight is 385 g/mol. The minimum Gasteiger partial charge on any atom is -0.398 e. The Bertz CT molecular complexity index is 812. The SMILES string of the molecule is Nc1cc(-c2cn[nH]c(=O)c2)cc2c1cnn2PI. The zero-order valence-corrected chi connectivity index (χ0v) is 12.7. The van der Waals surface area contributed by atoms with Gasteiger partial charge in [-0.05, 0) is 39.7 Å². The maximum atomic E-state index is 11.3. The first kappa shape index (κ1) is 12.6. The van der Waals surface area contributed by atoms with Crippen molar-refractivity contribution in [2.45, 2.75) is 0 Å². The van der Waals surface area contributed by atoms with Crippen LogP contribution < -0.4 is 11.3 Å². The molecule has 0 amide bonds. The number of anilines is 1. The van der Waals surface area contributed by atoms with Gasteiger partial charge in [0.1, 0.15) is 0 Å². The van der Waals surface area contributed by atoms with E-state index in [1.165, 1.54) is 6.07 Å². The third kappa shape index (κ3) is 2.23. The number of nitrogens with zero attached hydrogens (tertiary/aromatic N) is 3. The molecule has 6 nitrogen and oxygen atoms in total. The predicted molar refractivity (Wildman–Crippen MR) is 85.7 cm³/mol. The number of H-pyrrole nitrogens is 1. The van der Waals surface area contributed by atoms with Crippen LogP contribution in [0.3, 0.4) is 0 Å². The highest BCUT2D eigenvalue weighted by molar-refractivity contribution is 14.2. The summed E-state index contributed by atoms with van der Waals surface area (Å²) in [5.41, 5.74) is 9.01. The molecule has 3 aromatic rings. The van der Waals surface area contributed by atoms with E-state index in [9.17, 15) is 4.79 Å². The van der Waals surface area contributed by atoms with Crippen LogP contribution in [0.1, 0.15) is 0 Å². The molecule has 0 aliphatic carbocycles. The van der Waals surface area contributed by atoms with Crippen LogP contribution in [0.2, 0.25) is 0 Å². The zero-order chi connectivity index (χ0) is 13.4. The highest BCUT2D eigenvalue weighted by atomic mass is 127. The van der Waals surface area contributed by atoms with Gasteiger partial charge in [-0.2, -0.15) is 10.2 Å². The zero-order valence-electron chi connectivity index (χ0n) is 9.59. The van der Waals surface area contributed by atoms with E-state index in [2.05, 4.69) is 37.3 Å². The molecule has 3 N–H and O–H groups in total. The van der Waals surface area contributed by atoms with E-state index in [1.807, 2.05) is 16.6 Å². The van der Waals surface area contributed by atoms with Gasteiger partial charge in [-0.15, -0.1) is 0 Å². The van der Waals surface area contributed by atoms with Crippen molar-refractivity contribution in [3.05, 3.63) is 40.9 Å². The van der Waals surface area contributed by atoms with Gasteiger partial charge in [-0.1, -0.05) is 0 Å². The van der Waals surface area contributed by atoms with Crippen molar-refractivity contribution in [3.63, 3.8) is 0 Å². The summed E-state index contributed by atoms with van der Waals surface area (Å²) < 4.78 is 1.89. The molecule has 0 spiro atoms. The lowest BCUT2D eigenvalue weighted by Gasteiger charge is -2.05. The Balaban J connectivity index is 2.27. The van der Waals surface area contributed by atoms with Crippen molar-refractivity contribution in [1.29, 1.82) is 0 Å². The molecular formula is C11H9IN5OP. The molecule has 1 aromatic carbocycles. The van der Waals surface area contributed by atoms with Gasteiger partial charge in [0.15, 0.2) is 0 Å². The van der Waals surface area contributed by atoms with Crippen LogP contribution in [0.5, 0.6) is 0 Å². The Hall–Kier alpha value is -1.47. The van der Waals surface area contributed by atoms with Crippen molar-refractivity contribution in [1.82, 2.24) is 19.7 Å². The molecule has 0 fully saturated rings. The second-order valence-electron chi connectivity index (χ2n) is 3.97. The molecule has 0 aliphatic heterocycles. The maximum Gasteiger partial charge on any atom is 0.264 e. The van der Waals surface area contributed by atoms with Gasteiger partial charge >= 0.3 is 0 Å². The highest BCUT2D eigenvalue weighted by Gasteiger charge is 2.09. The minimum absolute atomic E-state index is 0.236. The van der Waals surface area contributed by atoms with Crippen LogP contribution in [0, 0.1) is 0 Å². The van der Waals surface area contributed by atoms with Crippen LogP contribution in [0.15, 0.2) is 35.4 Å². The number of nitrogens with two attached hydrogens (primary N) is 1. The molecule has 1 atom stereocenters. The van der Waals surface area contributed by atoms with Crippen molar-refractivity contribution in [2.24, 2.45) is 0 Å². The molecular weight excluding hydrogens is 376 g/mol.